The lowest BCUT2D eigenvalue weighted by atomic mass is 10.0. The molecular weight excluding hydrogens is 434 g/mol. The number of fused-ring (bicyclic) bond motifs is 1. The lowest BCUT2D eigenvalue weighted by molar-refractivity contribution is -0.145. The Balaban J connectivity index is 1.71. The van der Waals surface area contributed by atoms with Gasteiger partial charge in [0.2, 0.25) is 5.91 Å². The molecule has 0 fully saturated rings. The van der Waals surface area contributed by atoms with Crippen molar-refractivity contribution in [2.75, 3.05) is 13.7 Å². The Morgan fingerprint density at radius 1 is 1.15 bits per heavy atom. The Hall–Kier alpha value is -3.87. The van der Waals surface area contributed by atoms with Crippen LogP contribution < -0.4 is 15.7 Å². The smallest absolute Gasteiger partial charge is 0.339 e. The maximum atomic E-state index is 12.6. The highest BCUT2D eigenvalue weighted by Gasteiger charge is 2.22. The van der Waals surface area contributed by atoms with E-state index in [0.29, 0.717) is 29.9 Å². The van der Waals surface area contributed by atoms with Crippen LogP contribution in [0.15, 0.2) is 69.9 Å². The molecule has 0 bridgehead atoms. The van der Waals surface area contributed by atoms with Gasteiger partial charge < -0.3 is 19.2 Å². The van der Waals surface area contributed by atoms with Crippen LogP contribution in [-0.2, 0) is 27.2 Å². The van der Waals surface area contributed by atoms with E-state index in [9.17, 15) is 14.4 Å². The Kier molecular flexibility index (Phi) is 8.24. The number of methoxy groups -OCH3 is 1. The molecule has 0 aliphatic carbocycles. The molecule has 1 heterocycles. The van der Waals surface area contributed by atoms with Crippen LogP contribution in [-0.4, -0.2) is 31.6 Å². The number of esters is 1. The van der Waals surface area contributed by atoms with E-state index in [2.05, 4.69) is 11.9 Å². The van der Waals surface area contributed by atoms with Crippen LogP contribution in [0, 0.1) is 6.92 Å². The van der Waals surface area contributed by atoms with Gasteiger partial charge in [-0.3, -0.25) is 4.79 Å². The molecule has 0 radical (unpaired) electrons. The van der Waals surface area contributed by atoms with Gasteiger partial charge in [-0.15, -0.1) is 0 Å². The Morgan fingerprint density at radius 2 is 1.88 bits per heavy atom. The molecule has 0 aliphatic rings. The molecule has 0 saturated heterocycles. The lowest BCUT2D eigenvalue weighted by Gasteiger charge is -2.17. The first-order valence-electron chi connectivity index (χ1n) is 11.0. The van der Waals surface area contributed by atoms with Crippen LogP contribution in [0.5, 0.6) is 5.75 Å². The van der Waals surface area contributed by atoms with Crippen molar-refractivity contribution in [2.45, 2.75) is 39.2 Å². The van der Waals surface area contributed by atoms with E-state index in [4.69, 9.17) is 13.9 Å². The molecule has 1 amide bonds. The van der Waals surface area contributed by atoms with Gasteiger partial charge in [0.15, 0.2) is 0 Å². The summed E-state index contributed by atoms with van der Waals surface area (Å²) >= 11 is 0. The zero-order valence-corrected chi connectivity index (χ0v) is 19.7. The van der Waals surface area contributed by atoms with Crippen molar-refractivity contribution in [3.05, 3.63) is 87.8 Å². The molecule has 1 unspecified atom stereocenters. The SMILES string of the molecule is C=C(C)COc1ccc2c(C)c(CCC(=O)NC(Cc3ccccc3)C(=O)OC)c(=O)oc2c1. The van der Waals surface area contributed by atoms with E-state index in [0.717, 1.165) is 22.1 Å². The molecular formula is C27H29NO6. The Bertz CT molecular complexity index is 1250. The minimum atomic E-state index is -0.813. The first-order valence-corrected chi connectivity index (χ1v) is 11.0. The number of aryl methyl sites for hydroxylation is 1. The molecule has 178 valence electrons. The zero-order valence-electron chi connectivity index (χ0n) is 19.7. The summed E-state index contributed by atoms with van der Waals surface area (Å²) < 4.78 is 16.0. The second kappa shape index (κ2) is 11.3. The highest BCUT2D eigenvalue weighted by Crippen LogP contribution is 2.25. The monoisotopic (exact) mass is 463 g/mol. The Morgan fingerprint density at radius 3 is 2.56 bits per heavy atom. The molecule has 2 aromatic carbocycles. The van der Waals surface area contributed by atoms with Crippen molar-refractivity contribution in [3.8, 4) is 5.75 Å². The maximum Gasteiger partial charge on any atom is 0.339 e. The number of ether oxygens (including phenoxy) is 2. The standard InChI is InChI=1S/C27H29NO6/c1-17(2)16-33-20-10-11-21-18(3)22(26(30)34-24(21)15-20)12-13-25(29)28-23(27(31)32-4)14-19-8-6-5-7-9-19/h5-11,15,23H,1,12-14,16H2,2-4H3,(H,28,29). The molecule has 3 rings (SSSR count). The van der Waals surface area contributed by atoms with Crippen molar-refractivity contribution in [1.29, 1.82) is 0 Å². The van der Waals surface area contributed by atoms with E-state index in [1.807, 2.05) is 50.2 Å². The van der Waals surface area contributed by atoms with Gasteiger partial charge in [0, 0.05) is 29.9 Å². The van der Waals surface area contributed by atoms with E-state index >= 15 is 0 Å². The highest BCUT2D eigenvalue weighted by atomic mass is 16.5. The predicted octanol–water partition coefficient (Wildman–Crippen LogP) is 3.89. The number of hydrogen-bond donors (Lipinski definition) is 1. The fraction of sp³-hybridized carbons (Fsp3) is 0.296. The number of hydrogen-bond acceptors (Lipinski definition) is 6. The average molecular weight is 464 g/mol. The predicted molar refractivity (Wildman–Crippen MR) is 130 cm³/mol. The minimum Gasteiger partial charge on any atom is -0.489 e. The van der Waals surface area contributed by atoms with Gasteiger partial charge >= 0.3 is 11.6 Å². The molecule has 1 N–H and O–H groups in total. The van der Waals surface area contributed by atoms with Crippen LogP contribution >= 0.6 is 0 Å². The molecule has 34 heavy (non-hydrogen) atoms. The average Bonchev–Trinajstić information content (AvgIpc) is 2.82. The van der Waals surface area contributed by atoms with Crippen molar-refractivity contribution in [3.63, 3.8) is 0 Å². The third-order valence-electron chi connectivity index (χ3n) is 5.45. The summed E-state index contributed by atoms with van der Waals surface area (Å²) in [6, 6.07) is 13.9. The first-order chi connectivity index (χ1) is 16.3. The van der Waals surface area contributed by atoms with Gasteiger partial charge in [-0.05, 0) is 49.1 Å². The number of carbonyl (C=O) groups is 2. The Labute approximate surface area is 198 Å². The normalized spacial score (nSPS) is 11.6. The van der Waals surface area contributed by atoms with Crippen LogP contribution in [0.25, 0.3) is 11.0 Å². The molecule has 0 spiro atoms. The molecule has 7 nitrogen and oxygen atoms in total. The quantitative estimate of drug-likeness (QED) is 0.278. The van der Waals surface area contributed by atoms with E-state index < -0.39 is 17.6 Å². The number of rotatable bonds is 10. The molecule has 7 heteroatoms. The second-order valence-corrected chi connectivity index (χ2v) is 8.23. The topological polar surface area (TPSA) is 94.8 Å². The molecule has 3 aromatic rings. The molecule has 1 atom stereocenters. The number of amides is 1. The minimum absolute atomic E-state index is 0.0270. The third-order valence-corrected chi connectivity index (χ3v) is 5.45. The molecule has 0 saturated carbocycles. The molecule has 0 aliphatic heterocycles. The summed E-state index contributed by atoms with van der Waals surface area (Å²) in [4.78, 5) is 37.4. The van der Waals surface area contributed by atoms with E-state index in [1.165, 1.54) is 7.11 Å². The van der Waals surface area contributed by atoms with Crippen LogP contribution in [0.3, 0.4) is 0 Å². The first kappa shape index (κ1) is 24.8. The maximum absolute atomic E-state index is 12.6. The lowest BCUT2D eigenvalue weighted by Crippen LogP contribution is -2.43. The van der Waals surface area contributed by atoms with Crippen LogP contribution in [0.4, 0.5) is 0 Å². The molecule has 1 aromatic heterocycles. The fourth-order valence-corrected chi connectivity index (χ4v) is 3.65. The summed E-state index contributed by atoms with van der Waals surface area (Å²) in [5.74, 6) is -0.297. The number of nitrogens with one attached hydrogen (secondary N) is 1. The van der Waals surface area contributed by atoms with Crippen molar-refractivity contribution in [1.82, 2.24) is 5.32 Å². The van der Waals surface area contributed by atoms with Gasteiger partial charge in [-0.2, -0.15) is 0 Å². The summed E-state index contributed by atoms with van der Waals surface area (Å²) in [7, 11) is 1.28. The summed E-state index contributed by atoms with van der Waals surface area (Å²) in [6.45, 7) is 7.87. The second-order valence-electron chi connectivity index (χ2n) is 8.23. The van der Waals surface area contributed by atoms with Crippen molar-refractivity contribution in [2.24, 2.45) is 0 Å². The number of benzene rings is 2. The summed E-state index contributed by atoms with van der Waals surface area (Å²) in [6.07, 6.45) is 0.522. The van der Waals surface area contributed by atoms with E-state index in [-0.39, 0.29) is 18.7 Å². The van der Waals surface area contributed by atoms with Crippen molar-refractivity contribution < 1.29 is 23.5 Å². The number of carbonyl (C=O) groups excluding carboxylic acids is 2. The highest BCUT2D eigenvalue weighted by molar-refractivity contribution is 5.85. The zero-order chi connectivity index (χ0) is 24.7. The largest absolute Gasteiger partial charge is 0.489 e. The van der Waals surface area contributed by atoms with Gasteiger partial charge in [0.1, 0.15) is 24.0 Å². The van der Waals surface area contributed by atoms with Gasteiger partial charge in [-0.25, -0.2) is 9.59 Å². The van der Waals surface area contributed by atoms with Crippen molar-refractivity contribution >= 4 is 22.8 Å². The fourth-order valence-electron chi connectivity index (χ4n) is 3.65. The summed E-state index contributed by atoms with van der Waals surface area (Å²) in [5.41, 5.74) is 2.88. The van der Waals surface area contributed by atoms with Gasteiger partial charge in [-0.1, -0.05) is 36.9 Å². The summed E-state index contributed by atoms with van der Waals surface area (Å²) in [5, 5.41) is 3.50. The van der Waals surface area contributed by atoms with E-state index in [1.54, 1.807) is 12.1 Å². The van der Waals surface area contributed by atoms with Crippen LogP contribution in [0.2, 0.25) is 0 Å². The van der Waals surface area contributed by atoms with Gasteiger partial charge in [0.25, 0.3) is 0 Å². The van der Waals surface area contributed by atoms with Crippen LogP contribution in [0.1, 0.15) is 30.0 Å². The third kappa shape index (κ3) is 6.34. The van der Waals surface area contributed by atoms with Gasteiger partial charge in [0.05, 0.1) is 7.11 Å².